The summed E-state index contributed by atoms with van der Waals surface area (Å²) in [5.74, 6) is -0.213. The van der Waals surface area contributed by atoms with Gasteiger partial charge in [0.05, 0.1) is 19.1 Å². The third-order valence-corrected chi connectivity index (χ3v) is 6.90. The molecule has 0 unspecified atom stereocenters. The molecule has 2 saturated heterocycles. The number of amides is 2. The van der Waals surface area contributed by atoms with Gasteiger partial charge in [-0.05, 0) is 31.9 Å². The Morgan fingerprint density at radius 2 is 1.83 bits per heavy atom. The van der Waals surface area contributed by atoms with Gasteiger partial charge in [-0.15, -0.1) is 0 Å². The van der Waals surface area contributed by atoms with Crippen LogP contribution < -0.4 is 10.2 Å². The summed E-state index contributed by atoms with van der Waals surface area (Å²) in [4.78, 5) is 29.8. The molecule has 2 aliphatic heterocycles. The van der Waals surface area contributed by atoms with Crippen LogP contribution in [0, 0.1) is 12.8 Å². The second-order valence-electron chi connectivity index (χ2n) is 8.84. The largest absolute Gasteiger partial charge is 0.379 e. The minimum Gasteiger partial charge on any atom is -0.379 e. The van der Waals surface area contributed by atoms with Crippen LogP contribution in [-0.2, 0) is 14.3 Å². The van der Waals surface area contributed by atoms with E-state index in [9.17, 15) is 9.59 Å². The van der Waals surface area contributed by atoms with Crippen LogP contribution in [0.3, 0.4) is 0 Å². The van der Waals surface area contributed by atoms with Crippen molar-refractivity contribution in [2.24, 2.45) is 5.92 Å². The van der Waals surface area contributed by atoms with Crippen molar-refractivity contribution in [2.45, 2.75) is 51.0 Å². The SMILES string of the molecule is Cc1ccc(N2C[C@@H](C(=O)NCC3(N4CCOCC4)CCCCC3)CC2=O)cc1. The van der Waals surface area contributed by atoms with Gasteiger partial charge in [0.1, 0.15) is 0 Å². The van der Waals surface area contributed by atoms with Crippen LogP contribution in [0.4, 0.5) is 5.69 Å². The second kappa shape index (κ2) is 8.84. The Balaban J connectivity index is 1.38. The number of morpholine rings is 1. The number of anilines is 1. The van der Waals surface area contributed by atoms with Crippen molar-refractivity contribution < 1.29 is 14.3 Å². The number of nitrogens with one attached hydrogen (secondary N) is 1. The minimum atomic E-state index is -0.269. The molecule has 3 fully saturated rings. The molecule has 1 aliphatic carbocycles. The third kappa shape index (κ3) is 4.48. The molecule has 1 saturated carbocycles. The normalized spacial score (nSPS) is 25.2. The molecule has 4 rings (SSSR count). The van der Waals surface area contributed by atoms with Crippen molar-refractivity contribution in [1.82, 2.24) is 10.2 Å². The molecule has 1 aromatic carbocycles. The molecular formula is C23H33N3O3. The van der Waals surface area contributed by atoms with Crippen molar-refractivity contribution in [1.29, 1.82) is 0 Å². The molecule has 2 amide bonds. The summed E-state index contributed by atoms with van der Waals surface area (Å²) in [6, 6.07) is 7.93. The molecule has 0 bridgehead atoms. The highest BCUT2D eigenvalue weighted by molar-refractivity contribution is 6.00. The van der Waals surface area contributed by atoms with Gasteiger partial charge in [0.15, 0.2) is 0 Å². The van der Waals surface area contributed by atoms with Crippen LogP contribution in [0.15, 0.2) is 24.3 Å². The Labute approximate surface area is 173 Å². The average Bonchev–Trinajstić information content (AvgIpc) is 3.15. The number of nitrogens with zero attached hydrogens (tertiary/aromatic N) is 2. The molecule has 3 aliphatic rings. The number of rotatable bonds is 5. The van der Waals surface area contributed by atoms with Gasteiger partial charge >= 0.3 is 0 Å². The highest BCUT2D eigenvalue weighted by Gasteiger charge is 2.40. The van der Waals surface area contributed by atoms with Gasteiger partial charge in [-0.1, -0.05) is 37.0 Å². The Morgan fingerprint density at radius 1 is 1.14 bits per heavy atom. The first-order chi connectivity index (χ1) is 14.1. The lowest BCUT2D eigenvalue weighted by molar-refractivity contribution is -0.127. The Morgan fingerprint density at radius 3 is 2.52 bits per heavy atom. The van der Waals surface area contributed by atoms with Gasteiger partial charge in [-0.2, -0.15) is 0 Å². The topological polar surface area (TPSA) is 61.9 Å². The monoisotopic (exact) mass is 399 g/mol. The zero-order valence-electron chi connectivity index (χ0n) is 17.5. The zero-order chi connectivity index (χ0) is 20.3. The maximum Gasteiger partial charge on any atom is 0.227 e. The maximum absolute atomic E-state index is 13.0. The summed E-state index contributed by atoms with van der Waals surface area (Å²) < 4.78 is 5.54. The van der Waals surface area contributed by atoms with E-state index in [0.29, 0.717) is 19.5 Å². The van der Waals surface area contributed by atoms with Crippen molar-refractivity contribution >= 4 is 17.5 Å². The number of hydrogen-bond acceptors (Lipinski definition) is 4. The van der Waals surface area contributed by atoms with E-state index < -0.39 is 0 Å². The molecule has 6 nitrogen and oxygen atoms in total. The summed E-state index contributed by atoms with van der Waals surface area (Å²) in [5.41, 5.74) is 2.10. The standard InChI is InChI=1S/C23H33N3O3/c1-18-5-7-20(8-6-18)26-16-19(15-21(26)27)22(28)24-17-23(9-3-2-4-10-23)25-11-13-29-14-12-25/h5-8,19H,2-4,9-17H2,1H3,(H,24,28)/t19-/m0/s1. The Bertz CT molecular complexity index is 721. The van der Waals surface area contributed by atoms with Gasteiger partial charge in [0.2, 0.25) is 11.8 Å². The van der Waals surface area contributed by atoms with Gasteiger partial charge in [0.25, 0.3) is 0 Å². The summed E-state index contributed by atoms with van der Waals surface area (Å²) in [6.45, 7) is 6.62. The number of carbonyl (C=O) groups excluding carboxylic acids is 2. The summed E-state index contributed by atoms with van der Waals surface area (Å²) in [6.07, 6.45) is 6.28. The first kappa shape index (κ1) is 20.4. The van der Waals surface area contributed by atoms with E-state index in [4.69, 9.17) is 4.74 Å². The Kier molecular flexibility index (Phi) is 6.20. The van der Waals surface area contributed by atoms with Crippen LogP contribution in [-0.4, -0.2) is 61.6 Å². The number of ether oxygens (including phenoxy) is 1. The molecule has 0 spiro atoms. The predicted octanol–water partition coefficient (Wildman–Crippen LogP) is 2.50. The lowest BCUT2D eigenvalue weighted by Crippen LogP contribution is -2.60. The molecule has 29 heavy (non-hydrogen) atoms. The summed E-state index contributed by atoms with van der Waals surface area (Å²) in [7, 11) is 0. The fraction of sp³-hybridized carbons (Fsp3) is 0.652. The predicted molar refractivity (Wildman–Crippen MR) is 113 cm³/mol. The zero-order valence-corrected chi connectivity index (χ0v) is 17.5. The van der Waals surface area contributed by atoms with Gasteiger partial charge in [-0.3, -0.25) is 14.5 Å². The molecule has 6 heteroatoms. The van der Waals surface area contributed by atoms with Crippen molar-refractivity contribution in [3.63, 3.8) is 0 Å². The number of aryl methyl sites for hydroxylation is 1. The highest BCUT2D eigenvalue weighted by Crippen LogP contribution is 2.34. The molecule has 1 aromatic rings. The number of benzene rings is 1. The first-order valence-corrected chi connectivity index (χ1v) is 11.0. The van der Waals surface area contributed by atoms with Crippen LogP contribution in [0.1, 0.15) is 44.1 Å². The maximum atomic E-state index is 13.0. The summed E-state index contributed by atoms with van der Waals surface area (Å²) in [5, 5.41) is 3.23. The lowest BCUT2D eigenvalue weighted by Gasteiger charge is -2.48. The van der Waals surface area contributed by atoms with E-state index in [1.807, 2.05) is 31.2 Å². The molecule has 2 heterocycles. The van der Waals surface area contributed by atoms with Crippen LogP contribution in [0.2, 0.25) is 0 Å². The van der Waals surface area contributed by atoms with E-state index in [1.165, 1.54) is 19.3 Å². The third-order valence-electron chi connectivity index (χ3n) is 6.90. The molecule has 0 aromatic heterocycles. The molecule has 1 N–H and O–H groups in total. The molecule has 1 atom stereocenters. The van der Waals surface area contributed by atoms with Crippen LogP contribution >= 0.6 is 0 Å². The van der Waals surface area contributed by atoms with E-state index in [-0.39, 0.29) is 23.3 Å². The second-order valence-corrected chi connectivity index (χ2v) is 8.84. The lowest BCUT2D eigenvalue weighted by atomic mass is 9.79. The first-order valence-electron chi connectivity index (χ1n) is 11.0. The van der Waals surface area contributed by atoms with E-state index in [1.54, 1.807) is 4.90 Å². The smallest absolute Gasteiger partial charge is 0.227 e. The van der Waals surface area contributed by atoms with E-state index in [2.05, 4.69) is 10.2 Å². The summed E-state index contributed by atoms with van der Waals surface area (Å²) >= 11 is 0. The molecule has 0 radical (unpaired) electrons. The van der Waals surface area contributed by atoms with Gasteiger partial charge in [0, 0.05) is 43.8 Å². The van der Waals surface area contributed by atoms with Crippen molar-refractivity contribution in [3.8, 4) is 0 Å². The van der Waals surface area contributed by atoms with Gasteiger partial charge < -0.3 is 15.0 Å². The quantitative estimate of drug-likeness (QED) is 0.826. The number of carbonyl (C=O) groups is 2. The minimum absolute atomic E-state index is 0.0196. The van der Waals surface area contributed by atoms with E-state index in [0.717, 1.165) is 50.4 Å². The van der Waals surface area contributed by atoms with Crippen LogP contribution in [0.25, 0.3) is 0 Å². The van der Waals surface area contributed by atoms with Crippen molar-refractivity contribution in [2.75, 3.05) is 44.3 Å². The van der Waals surface area contributed by atoms with Crippen LogP contribution in [0.5, 0.6) is 0 Å². The number of hydrogen-bond donors (Lipinski definition) is 1. The molecular weight excluding hydrogens is 366 g/mol. The Hall–Kier alpha value is -1.92. The van der Waals surface area contributed by atoms with Crippen molar-refractivity contribution in [3.05, 3.63) is 29.8 Å². The van der Waals surface area contributed by atoms with E-state index >= 15 is 0 Å². The molecule has 158 valence electrons. The fourth-order valence-electron chi connectivity index (χ4n) is 5.11. The fourth-order valence-corrected chi connectivity index (χ4v) is 5.11. The average molecular weight is 400 g/mol. The van der Waals surface area contributed by atoms with Gasteiger partial charge in [-0.25, -0.2) is 0 Å². The highest BCUT2D eigenvalue weighted by atomic mass is 16.5.